The number of anilines is 1. The van der Waals surface area contributed by atoms with E-state index in [-0.39, 0.29) is 11.6 Å². The fraction of sp³-hybridized carbons (Fsp3) is 0.316. The van der Waals surface area contributed by atoms with Crippen LogP contribution in [0.4, 0.5) is 11.4 Å². The van der Waals surface area contributed by atoms with E-state index in [9.17, 15) is 14.9 Å². The quantitative estimate of drug-likeness (QED) is 0.659. The van der Waals surface area contributed by atoms with E-state index in [1.807, 2.05) is 18.0 Å². The van der Waals surface area contributed by atoms with E-state index in [4.69, 9.17) is 9.47 Å². The number of nitro benzene ring substituents is 1. The van der Waals surface area contributed by atoms with Crippen LogP contribution in [0.25, 0.3) is 0 Å². The fourth-order valence-corrected chi connectivity index (χ4v) is 4.16. The lowest BCUT2D eigenvalue weighted by Gasteiger charge is -2.42. The third-order valence-corrected chi connectivity index (χ3v) is 5.47. The van der Waals surface area contributed by atoms with E-state index in [0.717, 1.165) is 17.5 Å². The van der Waals surface area contributed by atoms with Crippen molar-refractivity contribution in [3.05, 3.63) is 57.1 Å². The number of ether oxygens (including phenoxy) is 2. The monoisotopic (exact) mass is 369 g/mol. The molecule has 1 N–H and O–H groups in total. The second-order valence-corrected chi connectivity index (χ2v) is 6.69. The Kier molecular flexibility index (Phi) is 3.81. The average Bonchev–Trinajstić information content (AvgIpc) is 2.96. The lowest BCUT2D eigenvalue weighted by atomic mass is 9.76. The number of likely N-dealkylation sites (N-methyl/N-ethyl adjacent to an activating group) is 1. The molecule has 1 unspecified atom stereocenters. The van der Waals surface area contributed by atoms with Crippen molar-refractivity contribution in [2.45, 2.75) is 12.0 Å². The highest BCUT2D eigenvalue weighted by Crippen LogP contribution is 2.50. The molecule has 2 heterocycles. The predicted molar refractivity (Wildman–Crippen MR) is 98.4 cm³/mol. The molecule has 0 bridgehead atoms. The smallest absolute Gasteiger partial charge is 0.269 e. The van der Waals surface area contributed by atoms with Gasteiger partial charge in [-0.15, -0.1) is 0 Å². The Morgan fingerprint density at radius 3 is 2.52 bits per heavy atom. The summed E-state index contributed by atoms with van der Waals surface area (Å²) in [6.45, 7) is 0.623. The van der Waals surface area contributed by atoms with E-state index >= 15 is 0 Å². The summed E-state index contributed by atoms with van der Waals surface area (Å²) >= 11 is 0. The van der Waals surface area contributed by atoms with Crippen molar-refractivity contribution in [3.63, 3.8) is 0 Å². The first-order chi connectivity index (χ1) is 12.9. The Hall–Kier alpha value is -3.13. The van der Waals surface area contributed by atoms with Crippen LogP contribution in [0.2, 0.25) is 0 Å². The number of hydrogen-bond donors (Lipinski definition) is 1. The maximum absolute atomic E-state index is 13.2. The molecule has 1 amide bonds. The van der Waals surface area contributed by atoms with Gasteiger partial charge in [0.1, 0.15) is 0 Å². The van der Waals surface area contributed by atoms with Gasteiger partial charge in [0.2, 0.25) is 0 Å². The third kappa shape index (κ3) is 2.23. The van der Waals surface area contributed by atoms with Crippen LogP contribution in [-0.2, 0) is 16.8 Å². The maximum Gasteiger partial charge on any atom is 0.269 e. The molecule has 27 heavy (non-hydrogen) atoms. The summed E-state index contributed by atoms with van der Waals surface area (Å²) in [5.74, 6) is 0.875. The standard InChI is InChI=1S/C19H19N3O5/c1-21-7-6-11-8-16(26-2)17(27-3)10-13(11)19(21)14-9-12(22(24)25)4-5-15(14)20-18(19)23/h4-5,8-10H,6-7H2,1-3H3,(H,20,23). The zero-order valence-corrected chi connectivity index (χ0v) is 15.2. The van der Waals surface area contributed by atoms with Crippen LogP contribution in [0.1, 0.15) is 16.7 Å². The van der Waals surface area contributed by atoms with Crippen molar-refractivity contribution in [1.82, 2.24) is 4.90 Å². The molecule has 2 aliphatic heterocycles. The molecular weight excluding hydrogens is 350 g/mol. The zero-order valence-electron chi connectivity index (χ0n) is 15.2. The molecule has 0 aliphatic carbocycles. The first kappa shape index (κ1) is 17.3. The molecule has 0 aromatic heterocycles. The van der Waals surface area contributed by atoms with Crippen molar-refractivity contribution in [1.29, 1.82) is 0 Å². The van der Waals surface area contributed by atoms with Crippen molar-refractivity contribution in [2.75, 3.05) is 33.1 Å². The van der Waals surface area contributed by atoms with Crippen LogP contribution < -0.4 is 14.8 Å². The fourth-order valence-electron chi connectivity index (χ4n) is 4.16. The minimum atomic E-state index is -1.14. The van der Waals surface area contributed by atoms with Gasteiger partial charge in [0.15, 0.2) is 17.0 Å². The van der Waals surface area contributed by atoms with Crippen LogP contribution >= 0.6 is 0 Å². The molecule has 2 aliphatic rings. The van der Waals surface area contributed by atoms with Gasteiger partial charge in [0.25, 0.3) is 11.6 Å². The molecule has 0 radical (unpaired) electrons. The Labute approximate surface area is 155 Å². The van der Waals surface area contributed by atoms with Crippen LogP contribution in [-0.4, -0.2) is 43.5 Å². The summed E-state index contributed by atoms with van der Waals surface area (Å²) in [7, 11) is 4.96. The van der Waals surface area contributed by atoms with Crippen LogP contribution in [0.15, 0.2) is 30.3 Å². The number of methoxy groups -OCH3 is 2. The van der Waals surface area contributed by atoms with E-state index in [2.05, 4.69) is 5.32 Å². The van der Waals surface area contributed by atoms with Crippen molar-refractivity contribution in [3.8, 4) is 11.5 Å². The first-order valence-corrected chi connectivity index (χ1v) is 8.50. The summed E-state index contributed by atoms with van der Waals surface area (Å²) in [6.07, 6.45) is 0.728. The third-order valence-electron chi connectivity index (χ3n) is 5.47. The van der Waals surface area contributed by atoms with Gasteiger partial charge >= 0.3 is 0 Å². The van der Waals surface area contributed by atoms with Gasteiger partial charge in [-0.3, -0.25) is 19.8 Å². The highest BCUT2D eigenvalue weighted by molar-refractivity contribution is 6.09. The summed E-state index contributed by atoms with van der Waals surface area (Å²) in [5.41, 5.74) is 1.68. The summed E-state index contributed by atoms with van der Waals surface area (Å²) < 4.78 is 10.8. The number of rotatable bonds is 3. The topological polar surface area (TPSA) is 93.9 Å². The second kappa shape index (κ2) is 5.95. The highest BCUT2D eigenvalue weighted by Gasteiger charge is 2.54. The first-order valence-electron chi connectivity index (χ1n) is 8.50. The zero-order chi connectivity index (χ0) is 19.3. The number of nitro groups is 1. The van der Waals surface area contributed by atoms with Gasteiger partial charge in [-0.1, -0.05) is 0 Å². The lowest BCUT2D eigenvalue weighted by molar-refractivity contribution is -0.384. The Morgan fingerprint density at radius 2 is 1.85 bits per heavy atom. The summed E-state index contributed by atoms with van der Waals surface area (Å²) in [5, 5.41) is 14.2. The normalized spacial score (nSPS) is 20.8. The molecule has 0 fully saturated rings. The number of amides is 1. The number of nitrogens with zero attached hydrogens (tertiary/aromatic N) is 2. The van der Waals surface area contributed by atoms with Gasteiger partial charge < -0.3 is 14.8 Å². The number of nitrogens with one attached hydrogen (secondary N) is 1. The van der Waals surface area contributed by atoms with E-state index in [1.165, 1.54) is 19.2 Å². The molecular formula is C19H19N3O5. The van der Waals surface area contributed by atoms with E-state index < -0.39 is 10.5 Å². The van der Waals surface area contributed by atoms with Gasteiger partial charge in [0, 0.05) is 29.9 Å². The number of fused-ring (bicyclic) bond motifs is 4. The number of carbonyl (C=O) groups is 1. The minimum absolute atomic E-state index is 0.0503. The molecule has 8 heteroatoms. The Bertz CT molecular complexity index is 974. The molecule has 140 valence electrons. The van der Waals surface area contributed by atoms with Crippen LogP contribution in [0.5, 0.6) is 11.5 Å². The van der Waals surface area contributed by atoms with Gasteiger partial charge in [0.05, 0.1) is 19.1 Å². The van der Waals surface area contributed by atoms with Gasteiger partial charge in [-0.25, -0.2) is 0 Å². The molecule has 2 aromatic carbocycles. The van der Waals surface area contributed by atoms with Gasteiger partial charge in [-0.2, -0.15) is 0 Å². The average molecular weight is 369 g/mol. The van der Waals surface area contributed by atoms with E-state index in [1.54, 1.807) is 19.2 Å². The largest absolute Gasteiger partial charge is 0.493 e. The van der Waals surface area contributed by atoms with Crippen LogP contribution in [0.3, 0.4) is 0 Å². The number of benzene rings is 2. The SMILES string of the molecule is COc1cc2c(cc1OC)C1(C(=O)Nc3ccc([N+](=O)[O-])cc31)N(C)CC2. The number of non-ortho nitro benzene ring substituents is 1. The molecule has 0 saturated heterocycles. The maximum atomic E-state index is 13.2. The molecule has 2 aromatic rings. The number of hydrogen-bond acceptors (Lipinski definition) is 6. The van der Waals surface area contributed by atoms with Crippen molar-refractivity contribution >= 4 is 17.3 Å². The van der Waals surface area contributed by atoms with E-state index in [0.29, 0.717) is 29.3 Å². The minimum Gasteiger partial charge on any atom is -0.493 e. The highest BCUT2D eigenvalue weighted by atomic mass is 16.6. The second-order valence-electron chi connectivity index (χ2n) is 6.69. The molecule has 1 atom stereocenters. The predicted octanol–water partition coefficient (Wildman–Crippen LogP) is 2.30. The summed E-state index contributed by atoms with van der Waals surface area (Å²) in [6, 6.07) is 8.15. The molecule has 8 nitrogen and oxygen atoms in total. The number of carbonyl (C=O) groups excluding carboxylic acids is 1. The molecule has 4 rings (SSSR count). The van der Waals surface area contributed by atoms with Crippen molar-refractivity contribution in [2.24, 2.45) is 0 Å². The molecule has 0 saturated carbocycles. The molecule has 1 spiro atoms. The van der Waals surface area contributed by atoms with Crippen LogP contribution in [0, 0.1) is 10.1 Å². The summed E-state index contributed by atoms with van der Waals surface area (Å²) in [4.78, 5) is 26.0. The Morgan fingerprint density at radius 1 is 1.15 bits per heavy atom. The Balaban J connectivity index is 2.03. The van der Waals surface area contributed by atoms with Gasteiger partial charge in [-0.05, 0) is 42.8 Å². The lowest BCUT2D eigenvalue weighted by Crippen LogP contribution is -2.53. The van der Waals surface area contributed by atoms with Crippen molar-refractivity contribution < 1.29 is 19.2 Å².